The minimum Gasteiger partial charge on any atom is -0.349 e. The molecule has 154 valence electrons. The largest absolute Gasteiger partial charge is 0.349 e. The molecule has 0 spiro atoms. The Morgan fingerprint density at radius 2 is 2.23 bits per heavy atom. The third kappa shape index (κ3) is 4.31. The van der Waals surface area contributed by atoms with E-state index in [2.05, 4.69) is 50.7 Å². The van der Waals surface area contributed by atoms with E-state index >= 15 is 0 Å². The Balaban J connectivity index is 0.000000150. The first kappa shape index (κ1) is 20.0. The Bertz CT molecular complexity index is 1220. The van der Waals surface area contributed by atoms with Gasteiger partial charge < -0.3 is 10.2 Å². The molecule has 0 atom stereocenters. The molecule has 0 saturated carbocycles. The van der Waals surface area contributed by atoms with E-state index in [-0.39, 0.29) is 5.96 Å². The van der Waals surface area contributed by atoms with Crippen LogP contribution in [0.15, 0.2) is 48.0 Å². The van der Waals surface area contributed by atoms with Crippen molar-refractivity contribution in [2.75, 3.05) is 13.1 Å². The second kappa shape index (κ2) is 8.59. The van der Waals surface area contributed by atoms with Crippen LogP contribution in [0.3, 0.4) is 0 Å². The Hall–Kier alpha value is -3.31. The first-order valence-corrected chi connectivity index (χ1v) is 10.2. The molecule has 0 aliphatic carbocycles. The van der Waals surface area contributed by atoms with Crippen LogP contribution >= 0.6 is 22.9 Å². The van der Waals surface area contributed by atoms with Crippen LogP contribution in [0, 0.1) is 17.0 Å². The van der Waals surface area contributed by atoms with Crippen LogP contribution in [0.25, 0.3) is 15.2 Å². The van der Waals surface area contributed by atoms with Crippen molar-refractivity contribution in [3.8, 4) is 0 Å². The SMILES string of the molecule is Cc1cccc2sc3nncn3c12.O=[N+]([O-])/N=C1\NCCN1Cc1ccc(Cl)nc1. The zero-order valence-electron chi connectivity index (χ0n) is 15.9. The molecular weight excluding hydrogens is 428 g/mol. The summed E-state index contributed by atoms with van der Waals surface area (Å²) < 4.78 is 3.31. The topological polar surface area (TPSA) is 114 Å². The highest BCUT2D eigenvalue weighted by molar-refractivity contribution is 7.23. The van der Waals surface area contributed by atoms with Crippen molar-refractivity contribution in [1.29, 1.82) is 0 Å². The van der Waals surface area contributed by atoms with Gasteiger partial charge in [0, 0.05) is 25.8 Å². The van der Waals surface area contributed by atoms with Crippen LogP contribution in [0.5, 0.6) is 0 Å². The molecule has 0 bridgehead atoms. The zero-order valence-corrected chi connectivity index (χ0v) is 17.5. The van der Waals surface area contributed by atoms with Gasteiger partial charge in [-0.25, -0.2) is 15.1 Å². The van der Waals surface area contributed by atoms with Crippen LogP contribution in [0.2, 0.25) is 5.15 Å². The second-order valence-corrected chi connectivity index (χ2v) is 7.90. The number of hydrogen-bond donors (Lipinski definition) is 1. The van der Waals surface area contributed by atoms with Gasteiger partial charge in [-0.3, -0.25) is 4.40 Å². The fourth-order valence-electron chi connectivity index (χ4n) is 3.14. The molecular formula is C18H17ClN8O2S. The first-order valence-electron chi connectivity index (χ1n) is 9.01. The van der Waals surface area contributed by atoms with Gasteiger partial charge in [-0.15, -0.1) is 10.2 Å². The van der Waals surface area contributed by atoms with Gasteiger partial charge in [-0.1, -0.05) is 41.1 Å². The number of benzene rings is 1. The number of nitrogens with zero attached hydrogens (tertiary/aromatic N) is 7. The third-order valence-corrected chi connectivity index (χ3v) is 5.70. The lowest BCUT2D eigenvalue weighted by atomic mass is 10.2. The van der Waals surface area contributed by atoms with Crippen molar-refractivity contribution in [3.05, 3.63) is 69.3 Å². The molecule has 1 N–H and O–H groups in total. The Morgan fingerprint density at radius 1 is 1.37 bits per heavy atom. The maximum atomic E-state index is 10.3. The van der Waals surface area contributed by atoms with E-state index in [4.69, 9.17) is 11.6 Å². The van der Waals surface area contributed by atoms with Gasteiger partial charge in [0.2, 0.25) is 4.96 Å². The summed E-state index contributed by atoms with van der Waals surface area (Å²) >= 11 is 7.35. The summed E-state index contributed by atoms with van der Waals surface area (Å²) in [5, 5.41) is 24.1. The number of nitrogens with one attached hydrogen (secondary N) is 1. The highest BCUT2D eigenvalue weighted by Crippen LogP contribution is 2.26. The van der Waals surface area contributed by atoms with Gasteiger partial charge in [-0.05, 0) is 30.2 Å². The van der Waals surface area contributed by atoms with E-state index in [1.807, 2.05) is 10.5 Å². The number of aryl methyl sites for hydroxylation is 1. The van der Waals surface area contributed by atoms with E-state index in [0.29, 0.717) is 24.8 Å². The van der Waals surface area contributed by atoms with Crippen molar-refractivity contribution in [2.24, 2.45) is 5.10 Å². The molecule has 1 aromatic carbocycles. The van der Waals surface area contributed by atoms with Crippen LogP contribution in [-0.4, -0.2) is 48.6 Å². The summed E-state index contributed by atoms with van der Waals surface area (Å²) in [6.07, 6.45) is 3.41. The van der Waals surface area contributed by atoms with E-state index in [0.717, 1.165) is 10.5 Å². The average Bonchev–Trinajstić information content (AvgIpc) is 3.41. The molecule has 1 aliphatic heterocycles. The zero-order chi connectivity index (χ0) is 21.1. The third-order valence-electron chi connectivity index (χ3n) is 4.46. The van der Waals surface area contributed by atoms with Gasteiger partial charge in [0.1, 0.15) is 16.6 Å². The van der Waals surface area contributed by atoms with Crippen molar-refractivity contribution >= 4 is 44.1 Å². The van der Waals surface area contributed by atoms with Crippen LogP contribution < -0.4 is 5.32 Å². The molecule has 1 aliphatic rings. The van der Waals surface area contributed by atoms with Gasteiger partial charge >= 0.3 is 0 Å². The average molecular weight is 445 g/mol. The number of halogens is 1. The summed E-state index contributed by atoms with van der Waals surface area (Å²) in [6, 6.07) is 9.80. The number of guanidine groups is 1. The van der Waals surface area contributed by atoms with Crippen molar-refractivity contribution in [1.82, 2.24) is 29.8 Å². The van der Waals surface area contributed by atoms with Crippen LogP contribution in [0.4, 0.5) is 0 Å². The lowest BCUT2D eigenvalue weighted by Crippen LogP contribution is -2.30. The molecule has 4 aromatic rings. The molecule has 4 heterocycles. The maximum absolute atomic E-state index is 10.3. The van der Waals surface area contributed by atoms with E-state index < -0.39 is 5.03 Å². The summed E-state index contributed by atoms with van der Waals surface area (Å²) in [6.45, 7) is 3.95. The molecule has 1 saturated heterocycles. The van der Waals surface area contributed by atoms with Crippen LogP contribution in [0.1, 0.15) is 11.1 Å². The van der Waals surface area contributed by atoms with Crippen molar-refractivity contribution < 1.29 is 5.03 Å². The second-order valence-electron chi connectivity index (χ2n) is 6.51. The number of pyridine rings is 1. The Kier molecular flexibility index (Phi) is 5.72. The molecule has 12 heteroatoms. The number of hydrazone groups is 1. The predicted molar refractivity (Wildman–Crippen MR) is 115 cm³/mol. The van der Waals surface area contributed by atoms with Crippen molar-refractivity contribution in [3.63, 3.8) is 0 Å². The summed E-state index contributed by atoms with van der Waals surface area (Å²) in [5.41, 5.74) is 3.42. The quantitative estimate of drug-likeness (QED) is 0.293. The maximum Gasteiger partial charge on any atom is 0.271 e. The molecule has 3 aromatic heterocycles. The predicted octanol–water partition coefficient (Wildman–Crippen LogP) is 2.94. The van der Waals surface area contributed by atoms with Crippen molar-refractivity contribution in [2.45, 2.75) is 13.5 Å². The number of rotatable bonds is 3. The number of para-hydroxylation sites is 1. The number of hydrogen-bond acceptors (Lipinski definition) is 6. The molecule has 5 rings (SSSR count). The fourth-order valence-corrected chi connectivity index (χ4v) is 4.28. The van der Waals surface area contributed by atoms with Crippen LogP contribution in [-0.2, 0) is 6.54 Å². The molecule has 0 unspecified atom stereocenters. The Labute approximate surface area is 180 Å². The first-order chi connectivity index (χ1) is 14.5. The number of thiazole rings is 1. The number of aromatic nitrogens is 4. The highest BCUT2D eigenvalue weighted by atomic mass is 35.5. The molecule has 10 nitrogen and oxygen atoms in total. The Morgan fingerprint density at radius 3 is 3.00 bits per heavy atom. The van der Waals surface area contributed by atoms with Gasteiger partial charge in [0.25, 0.3) is 5.96 Å². The molecule has 0 amide bonds. The minimum atomic E-state index is -0.708. The number of nitro groups is 1. The van der Waals surface area contributed by atoms with Gasteiger partial charge in [0.05, 0.1) is 10.2 Å². The summed E-state index contributed by atoms with van der Waals surface area (Å²) in [4.78, 5) is 17.0. The van der Waals surface area contributed by atoms with E-state index in [9.17, 15) is 10.1 Å². The standard InChI is InChI=1S/C9H10ClN5O2.C9H7N3S/c10-8-2-1-7(5-12-8)6-14-4-3-11-9(14)13-15(16)17;1-6-3-2-4-7-8(6)12-5-10-11-9(12)13-7/h1-2,5H,3-4,6H2,(H,11,13);2-5H,1H3. The smallest absolute Gasteiger partial charge is 0.271 e. The molecule has 0 radical (unpaired) electrons. The van der Waals surface area contributed by atoms with Gasteiger partial charge in [-0.2, -0.15) is 0 Å². The van der Waals surface area contributed by atoms with E-state index in [1.165, 1.54) is 15.8 Å². The lowest BCUT2D eigenvalue weighted by molar-refractivity contribution is -0.485. The summed E-state index contributed by atoms with van der Waals surface area (Å²) in [7, 11) is 0. The monoisotopic (exact) mass is 444 g/mol. The van der Waals surface area contributed by atoms with Gasteiger partial charge in [0.15, 0.2) is 5.03 Å². The normalized spacial score (nSPS) is 14.7. The highest BCUT2D eigenvalue weighted by Gasteiger charge is 2.21. The minimum absolute atomic E-state index is 0.282. The lowest BCUT2D eigenvalue weighted by Gasteiger charge is -2.14. The van der Waals surface area contributed by atoms with E-state index in [1.54, 1.807) is 34.8 Å². The number of fused-ring (bicyclic) bond motifs is 3. The molecule has 1 fully saturated rings. The fraction of sp³-hybridized carbons (Fsp3) is 0.222. The summed E-state index contributed by atoms with van der Waals surface area (Å²) in [5.74, 6) is 0.282. The molecule has 30 heavy (non-hydrogen) atoms.